The quantitative estimate of drug-likeness (QED) is 0.667. The maximum absolute atomic E-state index is 14.6. The van der Waals surface area contributed by atoms with E-state index in [9.17, 15) is 17.6 Å². The Balaban J connectivity index is 1.97. The zero-order valence-electron chi connectivity index (χ0n) is 15.7. The molecule has 158 valence electrons. The molecule has 1 saturated heterocycles. The fourth-order valence-electron chi connectivity index (χ4n) is 3.43. The lowest BCUT2D eigenvalue weighted by Gasteiger charge is -2.36. The second-order valence-corrected chi connectivity index (χ2v) is 6.96. The summed E-state index contributed by atoms with van der Waals surface area (Å²) in [7, 11) is 0. The van der Waals surface area contributed by atoms with Gasteiger partial charge in [0.1, 0.15) is 5.75 Å². The highest BCUT2D eigenvalue weighted by Crippen LogP contribution is 2.37. The first-order chi connectivity index (χ1) is 13.8. The number of rotatable bonds is 6. The summed E-state index contributed by atoms with van der Waals surface area (Å²) in [6.45, 7) is 4.89. The Morgan fingerprint density at radius 1 is 1.10 bits per heavy atom. The zero-order chi connectivity index (χ0) is 21.0. The van der Waals surface area contributed by atoms with Crippen LogP contribution in [0.1, 0.15) is 24.1 Å². The van der Waals surface area contributed by atoms with Crippen molar-refractivity contribution < 1.29 is 27.0 Å². The van der Waals surface area contributed by atoms with E-state index in [2.05, 4.69) is 15.0 Å². The minimum atomic E-state index is -4.76. The van der Waals surface area contributed by atoms with Crippen molar-refractivity contribution in [1.82, 2.24) is 10.2 Å². The van der Waals surface area contributed by atoms with Crippen molar-refractivity contribution in [2.24, 2.45) is 0 Å². The summed E-state index contributed by atoms with van der Waals surface area (Å²) in [6, 6.07) is 8.24. The molecule has 1 aliphatic rings. The number of ether oxygens (including phenoxy) is 2. The highest BCUT2D eigenvalue weighted by Gasteiger charge is 2.31. The smallest absolute Gasteiger partial charge is 0.489 e. The van der Waals surface area contributed by atoms with Crippen molar-refractivity contribution >= 4 is 11.6 Å². The van der Waals surface area contributed by atoms with Crippen LogP contribution in [0.3, 0.4) is 0 Å². The molecule has 0 saturated carbocycles. The Labute approximate surface area is 171 Å². The topological polar surface area (TPSA) is 33.7 Å². The molecule has 1 heterocycles. The van der Waals surface area contributed by atoms with E-state index in [1.165, 1.54) is 18.2 Å². The highest BCUT2D eigenvalue weighted by molar-refractivity contribution is 6.32. The average Bonchev–Trinajstić information content (AvgIpc) is 2.66. The number of nitrogens with one attached hydrogen (secondary N) is 1. The third kappa shape index (κ3) is 5.52. The van der Waals surface area contributed by atoms with E-state index in [0.29, 0.717) is 24.2 Å². The van der Waals surface area contributed by atoms with Gasteiger partial charge in [-0.3, -0.25) is 4.90 Å². The Morgan fingerprint density at radius 3 is 2.31 bits per heavy atom. The molecule has 2 aromatic carbocycles. The van der Waals surface area contributed by atoms with Gasteiger partial charge in [0.05, 0.1) is 17.7 Å². The molecule has 1 aliphatic heterocycles. The predicted molar refractivity (Wildman–Crippen MR) is 102 cm³/mol. The summed E-state index contributed by atoms with van der Waals surface area (Å²) in [4.78, 5) is 2.13. The average molecular weight is 433 g/mol. The summed E-state index contributed by atoms with van der Waals surface area (Å²) in [5.74, 6) is -0.895. The summed E-state index contributed by atoms with van der Waals surface area (Å²) in [5.41, 5.74) is 1.31. The van der Waals surface area contributed by atoms with Gasteiger partial charge in [-0.25, -0.2) is 4.39 Å². The molecular formula is C20H21ClF4N2O2. The van der Waals surface area contributed by atoms with Crippen molar-refractivity contribution in [1.29, 1.82) is 0 Å². The number of benzene rings is 2. The second-order valence-electron chi connectivity index (χ2n) is 6.55. The van der Waals surface area contributed by atoms with Gasteiger partial charge in [-0.05, 0) is 42.3 Å². The molecule has 0 aromatic heterocycles. The number of hydrogen-bond acceptors (Lipinski definition) is 4. The van der Waals surface area contributed by atoms with Gasteiger partial charge in [0, 0.05) is 26.2 Å². The minimum absolute atomic E-state index is 0.00842. The van der Waals surface area contributed by atoms with E-state index < -0.39 is 12.2 Å². The van der Waals surface area contributed by atoms with Crippen LogP contribution >= 0.6 is 11.6 Å². The third-order valence-corrected chi connectivity index (χ3v) is 4.85. The fourth-order valence-corrected chi connectivity index (χ4v) is 3.70. The van der Waals surface area contributed by atoms with Crippen LogP contribution in [-0.2, 0) is 0 Å². The fraction of sp³-hybridized carbons (Fsp3) is 0.400. The Morgan fingerprint density at radius 2 is 1.76 bits per heavy atom. The van der Waals surface area contributed by atoms with Crippen LogP contribution in [0.4, 0.5) is 17.6 Å². The highest BCUT2D eigenvalue weighted by atomic mass is 35.5. The van der Waals surface area contributed by atoms with Gasteiger partial charge in [-0.1, -0.05) is 23.7 Å². The van der Waals surface area contributed by atoms with Gasteiger partial charge >= 0.3 is 6.36 Å². The van der Waals surface area contributed by atoms with Crippen LogP contribution in [0.5, 0.6) is 11.5 Å². The lowest BCUT2D eigenvalue weighted by atomic mass is 9.96. The van der Waals surface area contributed by atoms with E-state index in [1.807, 2.05) is 0 Å². The van der Waals surface area contributed by atoms with Crippen LogP contribution in [0, 0.1) is 5.82 Å². The molecule has 3 rings (SSSR count). The molecule has 1 N–H and O–H groups in total. The van der Waals surface area contributed by atoms with Crippen LogP contribution in [0.25, 0.3) is 0 Å². The maximum atomic E-state index is 14.6. The monoisotopic (exact) mass is 432 g/mol. The molecule has 1 fully saturated rings. The van der Waals surface area contributed by atoms with Crippen LogP contribution in [0.15, 0.2) is 36.4 Å². The lowest BCUT2D eigenvalue weighted by molar-refractivity contribution is -0.274. The molecule has 4 nitrogen and oxygen atoms in total. The first kappa shape index (κ1) is 21.7. The summed E-state index contributed by atoms with van der Waals surface area (Å²) < 4.78 is 61.1. The summed E-state index contributed by atoms with van der Waals surface area (Å²) >= 11 is 6.24. The lowest BCUT2D eigenvalue weighted by Crippen LogP contribution is -2.45. The van der Waals surface area contributed by atoms with Gasteiger partial charge in [-0.2, -0.15) is 0 Å². The van der Waals surface area contributed by atoms with E-state index in [0.717, 1.165) is 13.1 Å². The van der Waals surface area contributed by atoms with E-state index in [1.54, 1.807) is 25.1 Å². The molecule has 29 heavy (non-hydrogen) atoms. The van der Waals surface area contributed by atoms with Crippen LogP contribution in [0.2, 0.25) is 5.02 Å². The largest absolute Gasteiger partial charge is 0.573 e. The number of piperazine rings is 1. The molecular weight excluding hydrogens is 412 g/mol. The van der Waals surface area contributed by atoms with Gasteiger partial charge in [-0.15, -0.1) is 13.2 Å². The van der Waals surface area contributed by atoms with E-state index >= 15 is 0 Å². The molecule has 0 amide bonds. The van der Waals surface area contributed by atoms with Gasteiger partial charge in [0.2, 0.25) is 0 Å². The molecule has 0 unspecified atom stereocenters. The third-order valence-electron chi connectivity index (χ3n) is 4.57. The first-order valence-electron chi connectivity index (χ1n) is 9.20. The van der Waals surface area contributed by atoms with Gasteiger partial charge in [0.25, 0.3) is 0 Å². The SMILES string of the molecule is CCOc1c(F)cc([C@H](c2ccc(OC(F)(F)F)cc2)N2CCNCC2)cc1Cl. The molecule has 0 radical (unpaired) electrons. The number of alkyl halides is 3. The zero-order valence-corrected chi connectivity index (χ0v) is 16.5. The second kappa shape index (κ2) is 9.19. The minimum Gasteiger partial charge on any atom is -0.489 e. The van der Waals surface area contributed by atoms with Crippen LogP contribution in [-0.4, -0.2) is 44.0 Å². The molecule has 1 atom stereocenters. The molecule has 0 spiro atoms. The molecule has 0 bridgehead atoms. The Hall–Kier alpha value is -2.03. The van der Waals surface area contributed by atoms with Crippen LogP contribution < -0.4 is 14.8 Å². The first-order valence-corrected chi connectivity index (χ1v) is 9.58. The molecule has 2 aromatic rings. The van der Waals surface area contributed by atoms with Crippen molar-refractivity contribution in [3.8, 4) is 11.5 Å². The predicted octanol–water partition coefficient (Wildman–Crippen LogP) is 4.77. The number of hydrogen-bond donors (Lipinski definition) is 1. The van der Waals surface area contributed by atoms with Gasteiger partial charge in [0.15, 0.2) is 11.6 Å². The molecule has 0 aliphatic carbocycles. The number of halogens is 5. The van der Waals surface area contributed by atoms with Crippen molar-refractivity contribution in [2.45, 2.75) is 19.3 Å². The standard InChI is InChI=1S/C20H21ClF4N2O2/c1-2-28-19-16(21)11-14(12-17(19)22)18(27-9-7-26-8-10-27)13-3-5-15(6-4-13)29-20(23,24)25/h3-6,11-12,18,26H,2,7-10H2,1H3/t18-/m0/s1. The maximum Gasteiger partial charge on any atom is 0.573 e. The normalized spacial score (nSPS) is 16.5. The molecule has 9 heteroatoms. The Bertz CT molecular complexity index is 801. The van der Waals surface area contributed by atoms with Gasteiger partial charge < -0.3 is 14.8 Å². The summed E-state index contributed by atoms with van der Waals surface area (Å²) in [5, 5.41) is 3.40. The Kier molecular flexibility index (Phi) is 6.87. The van der Waals surface area contributed by atoms with E-state index in [-0.39, 0.29) is 29.2 Å². The number of nitrogens with zero attached hydrogens (tertiary/aromatic N) is 1. The van der Waals surface area contributed by atoms with Crippen molar-refractivity contribution in [3.63, 3.8) is 0 Å². The van der Waals surface area contributed by atoms with Crippen molar-refractivity contribution in [2.75, 3.05) is 32.8 Å². The summed E-state index contributed by atoms with van der Waals surface area (Å²) in [6.07, 6.45) is -4.76. The van der Waals surface area contributed by atoms with E-state index in [4.69, 9.17) is 16.3 Å². The van der Waals surface area contributed by atoms with Crippen molar-refractivity contribution in [3.05, 3.63) is 58.4 Å².